The highest BCUT2D eigenvalue weighted by Crippen LogP contribution is 2.33. The van der Waals surface area contributed by atoms with Gasteiger partial charge in [0.05, 0.1) is 17.0 Å². The zero-order valence-corrected chi connectivity index (χ0v) is 17.0. The molecule has 30 heavy (non-hydrogen) atoms. The number of aromatic nitrogens is 1. The van der Waals surface area contributed by atoms with Crippen molar-refractivity contribution < 1.29 is 14.7 Å². The van der Waals surface area contributed by atoms with Crippen LogP contribution in [0.3, 0.4) is 0 Å². The van der Waals surface area contributed by atoms with E-state index in [1.807, 2.05) is 60.3 Å². The minimum absolute atomic E-state index is 0.0313. The number of allylic oxidation sites excluding steroid dienone is 1. The minimum atomic E-state index is -0.876. The van der Waals surface area contributed by atoms with E-state index in [2.05, 4.69) is 10.3 Å². The van der Waals surface area contributed by atoms with Crippen molar-refractivity contribution in [3.63, 3.8) is 0 Å². The van der Waals surface area contributed by atoms with Crippen molar-refractivity contribution in [3.8, 4) is 5.69 Å². The molecule has 0 saturated carbocycles. The molecule has 7 heteroatoms. The number of hydrogen-bond acceptors (Lipinski definition) is 4. The Morgan fingerprint density at radius 1 is 1.10 bits per heavy atom. The summed E-state index contributed by atoms with van der Waals surface area (Å²) in [4.78, 5) is 28.4. The van der Waals surface area contributed by atoms with Crippen molar-refractivity contribution in [2.45, 2.75) is 13.3 Å². The lowest BCUT2D eigenvalue weighted by atomic mass is 10.1. The molecule has 2 heterocycles. The SMILES string of the molecule is C/C(=C1\SC(=Nc2ccc(CC(=O)O)cc2)NC1=O)c1cccc(-n2cccc2)c1. The topological polar surface area (TPSA) is 83.7 Å². The normalized spacial score (nSPS) is 16.6. The zero-order chi connectivity index (χ0) is 21.1. The highest BCUT2D eigenvalue weighted by Gasteiger charge is 2.26. The van der Waals surface area contributed by atoms with E-state index in [1.54, 1.807) is 24.3 Å². The zero-order valence-electron chi connectivity index (χ0n) is 16.2. The Morgan fingerprint density at radius 2 is 1.83 bits per heavy atom. The molecule has 1 fully saturated rings. The molecule has 4 rings (SSSR count). The first-order valence-electron chi connectivity index (χ1n) is 9.33. The van der Waals surface area contributed by atoms with Crippen LogP contribution in [-0.4, -0.2) is 26.7 Å². The van der Waals surface area contributed by atoms with E-state index in [4.69, 9.17) is 5.11 Å². The van der Waals surface area contributed by atoms with Gasteiger partial charge in [-0.1, -0.05) is 24.3 Å². The van der Waals surface area contributed by atoms with Crippen LogP contribution in [0.15, 0.2) is 83.0 Å². The van der Waals surface area contributed by atoms with Crippen molar-refractivity contribution in [1.29, 1.82) is 0 Å². The fraction of sp³-hybridized carbons (Fsp3) is 0.0870. The number of aliphatic carboxylic acids is 1. The number of carbonyl (C=O) groups is 2. The van der Waals surface area contributed by atoms with Crippen molar-refractivity contribution in [2.24, 2.45) is 4.99 Å². The molecule has 0 spiro atoms. The number of amidine groups is 1. The third-order valence-electron chi connectivity index (χ3n) is 4.67. The molecule has 1 aromatic heterocycles. The molecule has 3 aromatic rings. The predicted octanol–water partition coefficient (Wildman–Crippen LogP) is 4.39. The van der Waals surface area contributed by atoms with Crippen LogP contribution in [-0.2, 0) is 16.0 Å². The lowest BCUT2D eigenvalue weighted by Gasteiger charge is -2.08. The van der Waals surface area contributed by atoms with E-state index in [0.29, 0.717) is 21.3 Å². The summed E-state index contributed by atoms with van der Waals surface area (Å²) in [6.45, 7) is 1.93. The molecular formula is C23H19N3O3S. The number of benzene rings is 2. The van der Waals surface area contributed by atoms with E-state index in [1.165, 1.54) is 11.8 Å². The van der Waals surface area contributed by atoms with Gasteiger partial charge in [0.1, 0.15) is 0 Å². The maximum atomic E-state index is 12.5. The second-order valence-electron chi connectivity index (χ2n) is 6.80. The summed E-state index contributed by atoms with van der Waals surface area (Å²) in [5.74, 6) is -1.05. The highest BCUT2D eigenvalue weighted by molar-refractivity contribution is 8.18. The van der Waals surface area contributed by atoms with E-state index in [0.717, 1.165) is 16.8 Å². The number of hydrogen-bond donors (Lipinski definition) is 2. The van der Waals surface area contributed by atoms with E-state index < -0.39 is 5.97 Å². The van der Waals surface area contributed by atoms with Gasteiger partial charge in [-0.25, -0.2) is 4.99 Å². The molecule has 0 atom stereocenters. The van der Waals surface area contributed by atoms with E-state index >= 15 is 0 Å². The Hall–Kier alpha value is -3.58. The minimum Gasteiger partial charge on any atom is -0.481 e. The molecule has 150 valence electrons. The van der Waals surface area contributed by atoms with Crippen molar-refractivity contribution in [3.05, 3.63) is 89.1 Å². The van der Waals surface area contributed by atoms with Gasteiger partial charge in [0.25, 0.3) is 5.91 Å². The maximum absolute atomic E-state index is 12.5. The second kappa shape index (κ2) is 8.42. The Bertz CT molecular complexity index is 1160. The Balaban J connectivity index is 1.57. The number of nitrogens with one attached hydrogen (secondary N) is 1. The monoisotopic (exact) mass is 417 g/mol. The molecule has 2 N–H and O–H groups in total. The van der Waals surface area contributed by atoms with Crippen LogP contribution < -0.4 is 5.32 Å². The summed E-state index contributed by atoms with van der Waals surface area (Å²) in [6.07, 6.45) is 3.92. The molecule has 6 nitrogen and oxygen atoms in total. The molecule has 1 aliphatic rings. The third kappa shape index (κ3) is 4.36. The van der Waals surface area contributed by atoms with Gasteiger partial charge in [-0.15, -0.1) is 0 Å². The average molecular weight is 417 g/mol. The van der Waals surface area contributed by atoms with Gasteiger partial charge in [-0.3, -0.25) is 9.59 Å². The lowest BCUT2D eigenvalue weighted by Crippen LogP contribution is -2.19. The summed E-state index contributed by atoms with van der Waals surface area (Å²) >= 11 is 1.30. The molecule has 0 aliphatic carbocycles. The molecule has 0 unspecified atom stereocenters. The molecule has 0 bridgehead atoms. The number of nitrogens with zero attached hydrogens (tertiary/aromatic N) is 2. The van der Waals surface area contributed by atoms with Gasteiger partial charge in [-0.05, 0) is 71.8 Å². The van der Waals surface area contributed by atoms with Gasteiger partial charge in [0.2, 0.25) is 0 Å². The summed E-state index contributed by atoms with van der Waals surface area (Å²) in [6, 6.07) is 18.9. The van der Waals surface area contributed by atoms with Gasteiger partial charge >= 0.3 is 5.97 Å². The second-order valence-corrected chi connectivity index (χ2v) is 7.80. The van der Waals surface area contributed by atoms with Crippen LogP contribution in [0.25, 0.3) is 11.3 Å². The smallest absolute Gasteiger partial charge is 0.307 e. The first-order valence-corrected chi connectivity index (χ1v) is 10.1. The van der Waals surface area contributed by atoms with Gasteiger partial charge in [-0.2, -0.15) is 0 Å². The van der Waals surface area contributed by atoms with Crippen LogP contribution in [0.2, 0.25) is 0 Å². The summed E-state index contributed by atoms with van der Waals surface area (Å²) in [5.41, 5.74) is 4.23. The Morgan fingerprint density at radius 3 is 2.53 bits per heavy atom. The average Bonchev–Trinajstić information content (AvgIpc) is 3.39. The summed E-state index contributed by atoms with van der Waals surface area (Å²) in [7, 11) is 0. The maximum Gasteiger partial charge on any atom is 0.307 e. The quantitative estimate of drug-likeness (QED) is 0.603. The number of carboxylic acids is 1. The van der Waals surface area contributed by atoms with Crippen LogP contribution in [0.4, 0.5) is 5.69 Å². The molecule has 0 radical (unpaired) electrons. The number of carbonyl (C=O) groups excluding carboxylic acids is 1. The molecule has 1 saturated heterocycles. The number of rotatable bonds is 5. The predicted molar refractivity (Wildman–Crippen MR) is 119 cm³/mol. The first-order chi connectivity index (χ1) is 14.5. The van der Waals surface area contributed by atoms with Crippen LogP contribution >= 0.6 is 11.8 Å². The molecule has 1 amide bonds. The number of amides is 1. The first kappa shape index (κ1) is 19.7. The van der Waals surface area contributed by atoms with Crippen LogP contribution in [0.1, 0.15) is 18.1 Å². The fourth-order valence-corrected chi connectivity index (χ4v) is 4.04. The van der Waals surface area contributed by atoms with Crippen molar-refractivity contribution in [1.82, 2.24) is 9.88 Å². The Kier molecular flexibility index (Phi) is 5.54. The van der Waals surface area contributed by atoms with Crippen molar-refractivity contribution >= 4 is 40.1 Å². The van der Waals surface area contributed by atoms with E-state index in [9.17, 15) is 9.59 Å². The van der Waals surface area contributed by atoms with Crippen LogP contribution in [0.5, 0.6) is 0 Å². The van der Waals surface area contributed by atoms with E-state index in [-0.39, 0.29) is 12.3 Å². The number of aliphatic imine (C=N–C) groups is 1. The van der Waals surface area contributed by atoms with Crippen molar-refractivity contribution in [2.75, 3.05) is 0 Å². The number of carboxylic acid groups (broad SMARTS) is 1. The third-order valence-corrected chi connectivity index (χ3v) is 5.75. The fourth-order valence-electron chi connectivity index (χ4n) is 3.14. The van der Waals surface area contributed by atoms with Gasteiger partial charge in [0, 0.05) is 18.1 Å². The highest BCUT2D eigenvalue weighted by atomic mass is 32.2. The Labute approximate surface area is 178 Å². The largest absolute Gasteiger partial charge is 0.481 e. The van der Waals surface area contributed by atoms with Crippen LogP contribution in [0, 0.1) is 0 Å². The van der Waals surface area contributed by atoms with Gasteiger partial charge < -0.3 is 15.0 Å². The summed E-state index contributed by atoms with van der Waals surface area (Å²) < 4.78 is 2.02. The summed E-state index contributed by atoms with van der Waals surface area (Å²) in [5, 5.41) is 12.2. The molecule has 1 aliphatic heterocycles. The molecular weight excluding hydrogens is 398 g/mol. The molecule has 2 aromatic carbocycles. The number of thioether (sulfide) groups is 1. The lowest BCUT2D eigenvalue weighted by molar-refractivity contribution is -0.136. The standard InChI is InChI=1S/C23H19N3O3S/c1-15(17-5-4-6-19(14-17)26-11-2-3-12-26)21-22(29)25-23(30-21)24-18-9-7-16(8-10-18)13-20(27)28/h2-12,14H,13H2,1H3,(H,27,28)(H,24,25,29)/b21-15+. The van der Waals surface area contributed by atoms with Gasteiger partial charge in [0.15, 0.2) is 5.17 Å².